The van der Waals surface area contributed by atoms with Gasteiger partial charge >= 0.3 is 0 Å². The zero-order chi connectivity index (χ0) is 11.3. The molecule has 0 bridgehead atoms. The summed E-state index contributed by atoms with van der Waals surface area (Å²) in [5.74, 6) is 1.18. The highest BCUT2D eigenvalue weighted by atomic mass is 16.5. The topological polar surface area (TPSA) is 21.3 Å². The molecule has 0 amide bonds. The maximum absolute atomic E-state index is 6.25. The average Bonchev–Trinajstić information content (AvgIpc) is 2.58. The second-order valence-electron chi connectivity index (χ2n) is 5.73. The maximum Gasteiger partial charge on any atom is 0.123 e. The van der Waals surface area contributed by atoms with Crippen molar-refractivity contribution in [2.24, 2.45) is 0 Å². The van der Waals surface area contributed by atoms with Crippen LogP contribution in [-0.2, 0) is 12.0 Å². The Morgan fingerprint density at radius 2 is 2.24 bits per heavy atom. The standard InChI is InChI=1S/C15H19NO/c1-2-7-15-8-9-16-10-11-4-3-5-12(14(11)15)17-13(15)6-1/h3-5,13,16H,1-2,6-10H2. The van der Waals surface area contributed by atoms with Crippen LogP contribution >= 0.6 is 0 Å². The highest BCUT2D eigenvalue weighted by Crippen LogP contribution is 2.53. The van der Waals surface area contributed by atoms with Gasteiger partial charge in [-0.25, -0.2) is 0 Å². The number of rotatable bonds is 0. The molecule has 2 nitrogen and oxygen atoms in total. The number of nitrogens with one attached hydrogen (secondary N) is 1. The van der Waals surface area contributed by atoms with E-state index in [2.05, 4.69) is 23.5 Å². The van der Waals surface area contributed by atoms with Crippen LogP contribution in [0.25, 0.3) is 0 Å². The lowest BCUT2D eigenvalue weighted by Crippen LogP contribution is -2.42. The highest BCUT2D eigenvalue weighted by Gasteiger charge is 2.51. The fraction of sp³-hybridized carbons (Fsp3) is 0.600. The Morgan fingerprint density at radius 3 is 3.24 bits per heavy atom. The van der Waals surface area contributed by atoms with Gasteiger partial charge in [0.2, 0.25) is 0 Å². The smallest absolute Gasteiger partial charge is 0.123 e. The molecule has 1 spiro atoms. The zero-order valence-corrected chi connectivity index (χ0v) is 10.2. The molecule has 1 aromatic carbocycles. The van der Waals surface area contributed by atoms with Crippen molar-refractivity contribution in [1.29, 1.82) is 0 Å². The second kappa shape index (κ2) is 3.49. The van der Waals surface area contributed by atoms with Crippen LogP contribution in [0.1, 0.15) is 43.2 Å². The molecule has 1 saturated carbocycles. The predicted octanol–water partition coefficient (Wildman–Crippen LogP) is 2.75. The molecule has 2 heterocycles. The fourth-order valence-corrected chi connectivity index (χ4v) is 4.15. The maximum atomic E-state index is 6.25. The van der Waals surface area contributed by atoms with Gasteiger partial charge in [0, 0.05) is 17.5 Å². The highest BCUT2D eigenvalue weighted by molar-refractivity contribution is 5.51. The Balaban J connectivity index is 1.94. The van der Waals surface area contributed by atoms with Crippen LogP contribution in [0, 0.1) is 0 Å². The van der Waals surface area contributed by atoms with Crippen molar-refractivity contribution in [1.82, 2.24) is 5.32 Å². The molecule has 1 aliphatic carbocycles. The average molecular weight is 229 g/mol. The molecular formula is C15H19NO. The Kier molecular flexibility index (Phi) is 2.04. The van der Waals surface area contributed by atoms with Gasteiger partial charge in [-0.15, -0.1) is 0 Å². The minimum Gasteiger partial charge on any atom is -0.489 e. The van der Waals surface area contributed by atoms with Gasteiger partial charge in [-0.3, -0.25) is 0 Å². The first kappa shape index (κ1) is 9.95. The summed E-state index contributed by atoms with van der Waals surface area (Å²) < 4.78 is 6.25. The third kappa shape index (κ3) is 1.25. The largest absolute Gasteiger partial charge is 0.489 e. The molecule has 1 aromatic rings. The van der Waals surface area contributed by atoms with Crippen molar-refractivity contribution >= 4 is 0 Å². The number of benzene rings is 1. The fourth-order valence-electron chi connectivity index (χ4n) is 4.15. The minimum absolute atomic E-state index is 0.341. The van der Waals surface area contributed by atoms with Crippen molar-refractivity contribution in [2.75, 3.05) is 6.54 Å². The van der Waals surface area contributed by atoms with Crippen LogP contribution in [0.15, 0.2) is 18.2 Å². The Bertz CT molecular complexity index is 456. The van der Waals surface area contributed by atoms with Crippen LogP contribution in [0.4, 0.5) is 0 Å². The number of hydrogen-bond acceptors (Lipinski definition) is 2. The lowest BCUT2D eigenvalue weighted by Gasteiger charge is -2.38. The molecule has 2 atom stereocenters. The lowest BCUT2D eigenvalue weighted by molar-refractivity contribution is 0.0943. The minimum atomic E-state index is 0.341. The van der Waals surface area contributed by atoms with Gasteiger partial charge in [0.05, 0.1) is 0 Å². The Labute approximate surface area is 102 Å². The van der Waals surface area contributed by atoms with Gasteiger partial charge in [0.1, 0.15) is 11.9 Å². The van der Waals surface area contributed by atoms with E-state index in [0.29, 0.717) is 11.5 Å². The first-order valence-corrected chi connectivity index (χ1v) is 6.90. The van der Waals surface area contributed by atoms with Gasteiger partial charge < -0.3 is 10.1 Å². The zero-order valence-electron chi connectivity index (χ0n) is 10.2. The van der Waals surface area contributed by atoms with Crippen molar-refractivity contribution in [2.45, 2.75) is 50.2 Å². The van der Waals surface area contributed by atoms with Gasteiger partial charge in [-0.1, -0.05) is 18.6 Å². The first-order chi connectivity index (χ1) is 8.40. The summed E-state index contributed by atoms with van der Waals surface area (Å²) in [5, 5.41) is 3.57. The summed E-state index contributed by atoms with van der Waals surface area (Å²) in [6.07, 6.45) is 6.97. The Hall–Kier alpha value is -1.02. The van der Waals surface area contributed by atoms with Crippen molar-refractivity contribution < 1.29 is 4.74 Å². The normalized spacial score (nSPS) is 34.5. The second-order valence-corrected chi connectivity index (χ2v) is 5.73. The van der Waals surface area contributed by atoms with Crippen LogP contribution in [0.5, 0.6) is 5.75 Å². The van der Waals surface area contributed by atoms with E-state index in [0.717, 1.165) is 13.1 Å². The van der Waals surface area contributed by atoms with Crippen LogP contribution in [0.2, 0.25) is 0 Å². The molecule has 3 aliphatic rings. The molecule has 17 heavy (non-hydrogen) atoms. The lowest BCUT2D eigenvalue weighted by atomic mass is 9.66. The third-order valence-corrected chi connectivity index (χ3v) is 4.90. The van der Waals surface area contributed by atoms with E-state index in [1.807, 2.05) is 0 Å². The summed E-state index contributed by atoms with van der Waals surface area (Å²) in [6.45, 7) is 2.15. The summed E-state index contributed by atoms with van der Waals surface area (Å²) in [7, 11) is 0. The summed E-state index contributed by atoms with van der Waals surface area (Å²) in [4.78, 5) is 0. The van der Waals surface area contributed by atoms with Crippen molar-refractivity contribution in [3.8, 4) is 5.75 Å². The van der Waals surface area contributed by atoms with Crippen LogP contribution < -0.4 is 10.1 Å². The summed E-state index contributed by atoms with van der Waals surface area (Å²) in [5.41, 5.74) is 3.37. The molecule has 2 aliphatic heterocycles. The summed E-state index contributed by atoms with van der Waals surface area (Å²) in [6, 6.07) is 6.59. The molecular weight excluding hydrogens is 210 g/mol. The van der Waals surface area contributed by atoms with E-state index in [-0.39, 0.29) is 0 Å². The molecule has 0 aromatic heterocycles. The molecule has 0 radical (unpaired) electrons. The molecule has 4 rings (SSSR count). The van der Waals surface area contributed by atoms with E-state index >= 15 is 0 Å². The van der Waals surface area contributed by atoms with Crippen LogP contribution in [0.3, 0.4) is 0 Å². The first-order valence-electron chi connectivity index (χ1n) is 6.90. The molecule has 0 saturated heterocycles. The van der Waals surface area contributed by atoms with Crippen molar-refractivity contribution in [3.63, 3.8) is 0 Å². The van der Waals surface area contributed by atoms with Gasteiger partial charge in [-0.05, 0) is 43.9 Å². The third-order valence-electron chi connectivity index (χ3n) is 4.90. The quantitative estimate of drug-likeness (QED) is 0.738. The van der Waals surface area contributed by atoms with Crippen LogP contribution in [-0.4, -0.2) is 12.6 Å². The molecule has 2 heteroatoms. The molecule has 2 unspecified atom stereocenters. The predicted molar refractivity (Wildman–Crippen MR) is 67.3 cm³/mol. The molecule has 1 N–H and O–H groups in total. The van der Waals surface area contributed by atoms with E-state index in [1.165, 1.54) is 43.4 Å². The van der Waals surface area contributed by atoms with E-state index < -0.39 is 0 Å². The van der Waals surface area contributed by atoms with Crippen molar-refractivity contribution in [3.05, 3.63) is 29.3 Å². The molecule has 1 fully saturated rings. The monoisotopic (exact) mass is 229 g/mol. The van der Waals surface area contributed by atoms with Gasteiger partial charge in [0.25, 0.3) is 0 Å². The summed E-state index contributed by atoms with van der Waals surface area (Å²) >= 11 is 0. The Morgan fingerprint density at radius 1 is 1.24 bits per heavy atom. The van der Waals surface area contributed by atoms with E-state index in [1.54, 1.807) is 5.56 Å². The van der Waals surface area contributed by atoms with E-state index in [9.17, 15) is 0 Å². The number of hydrogen-bond donors (Lipinski definition) is 1. The SMILES string of the molecule is c1cc2c3c(c1)OC1CCCCC31CCNC2. The molecule has 90 valence electrons. The van der Waals surface area contributed by atoms with Gasteiger partial charge in [0.15, 0.2) is 0 Å². The number of ether oxygens (including phenoxy) is 1. The van der Waals surface area contributed by atoms with Gasteiger partial charge in [-0.2, -0.15) is 0 Å². The van der Waals surface area contributed by atoms with E-state index in [4.69, 9.17) is 4.74 Å².